The van der Waals surface area contributed by atoms with Crippen molar-refractivity contribution in [3.63, 3.8) is 0 Å². The fourth-order valence-corrected chi connectivity index (χ4v) is 2.03. The Labute approximate surface area is 109 Å². The van der Waals surface area contributed by atoms with Gasteiger partial charge in [0.25, 0.3) is 0 Å². The molecule has 0 saturated heterocycles. The number of hydrogen-bond acceptors (Lipinski definition) is 4. The highest BCUT2D eigenvalue weighted by Gasteiger charge is 2.20. The van der Waals surface area contributed by atoms with E-state index in [0.717, 1.165) is 10.0 Å². The average molecular weight is 302 g/mol. The molecule has 0 spiro atoms. The monoisotopic (exact) mass is 301 g/mol. The van der Waals surface area contributed by atoms with Crippen LogP contribution in [0.3, 0.4) is 0 Å². The Balaban J connectivity index is 3.39. The van der Waals surface area contributed by atoms with E-state index in [1.54, 1.807) is 13.2 Å². The lowest BCUT2D eigenvalue weighted by atomic mass is 10.0. The maximum absolute atomic E-state index is 11.9. The molecule has 0 aromatic heterocycles. The van der Waals surface area contributed by atoms with Crippen LogP contribution in [0.15, 0.2) is 10.5 Å². The number of carbonyl (C=O) groups is 1. The van der Waals surface area contributed by atoms with Crippen molar-refractivity contribution in [1.82, 2.24) is 0 Å². The minimum absolute atomic E-state index is 0.0525. The van der Waals surface area contributed by atoms with E-state index in [4.69, 9.17) is 15.2 Å². The van der Waals surface area contributed by atoms with Gasteiger partial charge in [-0.25, -0.2) is 0 Å². The van der Waals surface area contributed by atoms with Crippen LogP contribution in [-0.2, 0) is 0 Å². The van der Waals surface area contributed by atoms with Crippen LogP contribution >= 0.6 is 15.9 Å². The summed E-state index contributed by atoms with van der Waals surface area (Å²) < 4.78 is 11.4. The summed E-state index contributed by atoms with van der Waals surface area (Å²) in [4.78, 5) is 11.9. The number of methoxy groups -OCH3 is 2. The SMILES string of the molecule is COc1c(C(=O)CCN)cc(Br)c(C)c1OC. The molecular weight excluding hydrogens is 286 g/mol. The predicted octanol–water partition coefficient (Wildman–Crippen LogP) is 2.31. The summed E-state index contributed by atoms with van der Waals surface area (Å²) in [7, 11) is 3.07. The first-order chi connectivity index (χ1) is 8.06. The molecule has 0 atom stereocenters. The van der Waals surface area contributed by atoms with Crippen molar-refractivity contribution in [2.75, 3.05) is 20.8 Å². The van der Waals surface area contributed by atoms with E-state index in [2.05, 4.69) is 15.9 Å². The van der Waals surface area contributed by atoms with Gasteiger partial charge in [0, 0.05) is 16.5 Å². The van der Waals surface area contributed by atoms with E-state index in [0.29, 0.717) is 23.6 Å². The zero-order valence-corrected chi connectivity index (χ0v) is 11.8. The van der Waals surface area contributed by atoms with Crippen LogP contribution in [0.5, 0.6) is 11.5 Å². The van der Waals surface area contributed by atoms with Gasteiger partial charge in [0.05, 0.1) is 19.8 Å². The first kappa shape index (κ1) is 14.0. The van der Waals surface area contributed by atoms with Crippen LogP contribution < -0.4 is 15.2 Å². The minimum Gasteiger partial charge on any atom is -0.493 e. The lowest BCUT2D eigenvalue weighted by Crippen LogP contribution is -2.10. The van der Waals surface area contributed by atoms with Crippen LogP contribution in [-0.4, -0.2) is 26.5 Å². The molecule has 1 aromatic carbocycles. The second kappa shape index (κ2) is 6.02. The van der Waals surface area contributed by atoms with Crippen molar-refractivity contribution >= 4 is 21.7 Å². The number of halogens is 1. The van der Waals surface area contributed by atoms with Crippen molar-refractivity contribution in [2.24, 2.45) is 5.73 Å². The number of carbonyl (C=O) groups excluding carboxylic acids is 1. The largest absolute Gasteiger partial charge is 0.493 e. The van der Waals surface area contributed by atoms with Crippen molar-refractivity contribution in [3.8, 4) is 11.5 Å². The molecule has 2 N–H and O–H groups in total. The molecular formula is C12H16BrNO3. The Hall–Kier alpha value is -1.07. The molecule has 17 heavy (non-hydrogen) atoms. The zero-order chi connectivity index (χ0) is 13.0. The maximum Gasteiger partial charge on any atom is 0.171 e. The van der Waals surface area contributed by atoms with Crippen LogP contribution in [0.25, 0.3) is 0 Å². The van der Waals surface area contributed by atoms with Gasteiger partial charge >= 0.3 is 0 Å². The molecule has 0 bridgehead atoms. The minimum atomic E-state index is -0.0525. The normalized spacial score (nSPS) is 10.2. The molecule has 0 aliphatic heterocycles. The first-order valence-corrected chi connectivity index (χ1v) is 6.00. The fraction of sp³-hybridized carbons (Fsp3) is 0.417. The molecule has 0 heterocycles. The van der Waals surface area contributed by atoms with Crippen molar-refractivity contribution in [1.29, 1.82) is 0 Å². The predicted molar refractivity (Wildman–Crippen MR) is 70.0 cm³/mol. The Morgan fingerprint density at radius 3 is 2.41 bits per heavy atom. The molecule has 5 heteroatoms. The Morgan fingerprint density at radius 2 is 1.94 bits per heavy atom. The van der Waals surface area contributed by atoms with E-state index in [1.807, 2.05) is 6.92 Å². The van der Waals surface area contributed by atoms with Gasteiger partial charge in [0.15, 0.2) is 17.3 Å². The highest BCUT2D eigenvalue weighted by atomic mass is 79.9. The highest BCUT2D eigenvalue weighted by Crippen LogP contribution is 2.39. The third-order valence-electron chi connectivity index (χ3n) is 2.50. The molecule has 94 valence electrons. The van der Waals surface area contributed by atoms with Crippen molar-refractivity contribution < 1.29 is 14.3 Å². The van der Waals surface area contributed by atoms with Crippen LogP contribution in [0.1, 0.15) is 22.3 Å². The van der Waals surface area contributed by atoms with E-state index in [9.17, 15) is 4.79 Å². The van der Waals surface area contributed by atoms with Crippen molar-refractivity contribution in [2.45, 2.75) is 13.3 Å². The fourth-order valence-electron chi connectivity index (χ4n) is 1.62. The second-order valence-electron chi connectivity index (χ2n) is 3.56. The second-order valence-corrected chi connectivity index (χ2v) is 4.41. The molecule has 0 aliphatic carbocycles. The number of ether oxygens (including phenoxy) is 2. The molecule has 0 saturated carbocycles. The van der Waals surface area contributed by atoms with E-state index < -0.39 is 0 Å². The van der Waals surface area contributed by atoms with Crippen LogP contribution in [0, 0.1) is 6.92 Å². The number of hydrogen-bond donors (Lipinski definition) is 1. The molecule has 0 amide bonds. The van der Waals surface area contributed by atoms with E-state index in [-0.39, 0.29) is 12.2 Å². The van der Waals surface area contributed by atoms with E-state index >= 15 is 0 Å². The molecule has 0 aliphatic rings. The van der Waals surface area contributed by atoms with Gasteiger partial charge in [-0.1, -0.05) is 15.9 Å². The number of Topliss-reactive ketones (excluding diaryl/α,β-unsaturated/α-hetero) is 1. The third kappa shape index (κ3) is 2.79. The molecule has 0 unspecified atom stereocenters. The van der Waals surface area contributed by atoms with Gasteiger partial charge in [0.2, 0.25) is 0 Å². The first-order valence-electron chi connectivity index (χ1n) is 5.21. The van der Waals surface area contributed by atoms with Crippen LogP contribution in [0.4, 0.5) is 0 Å². The molecule has 0 fully saturated rings. The molecule has 1 rings (SSSR count). The number of ketones is 1. The summed E-state index contributed by atoms with van der Waals surface area (Å²) in [6, 6.07) is 1.74. The maximum atomic E-state index is 11.9. The number of nitrogens with two attached hydrogens (primary N) is 1. The Bertz CT molecular complexity index is 432. The third-order valence-corrected chi connectivity index (χ3v) is 3.32. The lowest BCUT2D eigenvalue weighted by Gasteiger charge is -2.15. The smallest absolute Gasteiger partial charge is 0.171 e. The summed E-state index contributed by atoms with van der Waals surface area (Å²) in [6.07, 6.45) is 0.287. The Kier molecular flexibility index (Phi) is 4.96. The standard InChI is InChI=1S/C12H16BrNO3/c1-7-9(13)6-8(10(15)4-5-14)12(17-3)11(7)16-2/h6H,4-5,14H2,1-3H3. The van der Waals surface area contributed by atoms with Gasteiger partial charge in [-0.3, -0.25) is 4.79 Å². The number of benzene rings is 1. The summed E-state index contributed by atoms with van der Waals surface area (Å²) in [5, 5.41) is 0. The summed E-state index contributed by atoms with van der Waals surface area (Å²) in [5.41, 5.74) is 6.78. The lowest BCUT2D eigenvalue weighted by molar-refractivity contribution is 0.0981. The highest BCUT2D eigenvalue weighted by molar-refractivity contribution is 9.10. The Morgan fingerprint density at radius 1 is 1.35 bits per heavy atom. The van der Waals surface area contributed by atoms with Gasteiger partial charge < -0.3 is 15.2 Å². The van der Waals surface area contributed by atoms with Crippen molar-refractivity contribution in [3.05, 3.63) is 21.7 Å². The van der Waals surface area contributed by atoms with Gasteiger partial charge in [-0.15, -0.1) is 0 Å². The topological polar surface area (TPSA) is 61.5 Å². The average Bonchev–Trinajstić information content (AvgIpc) is 2.32. The molecule has 1 aromatic rings. The van der Waals surface area contributed by atoms with E-state index in [1.165, 1.54) is 7.11 Å². The van der Waals surface area contributed by atoms with Gasteiger partial charge in [-0.2, -0.15) is 0 Å². The molecule has 0 radical (unpaired) electrons. The summed E-state index contributed by atoms with van der Waals surface area (Å²) in [6.45, 7) is 2.21. The zero-order valence-electron chi connectivity index (χ0n) is 10.2. The van der Waals surface area contributed by atoms with Crippen LogP contribution in [0.2, 0.25) is 0 Å². The molecule has 4 nitrogen and oxygen atoms in total. The quantitative estimate of drug-likeness (QED) is 0.848. The summed E-state index contributed by atoms with van der Waals surface area (Å²) in [5.74, 6) is 0.984. The summed E-state index contributed by atoms with van der Waals surface area (Å²) >= 11 is 3.40. The van der Waals surface area contributed by atoms with Gasteiger partial charge in [0.1, 0.15) is 0 Å². The number of rotatable bonds is 5. The van der Waals surface area contributed by atoms with Gasteiger partial charge in [-0.05, 0) is 19.5 Å².